The number of amidine groups is 1. The highest BCUT2D eigenvalue weighted by molar-refractivity contribution is 8.15. The lowest BCUT2D eigenvalue weighted by atomic mass is 9.99. The SMILES string of the molecule is COc1cc(NC(=O)/N=C2\SCC(=O)N2c2cc(C)ccc2C(C)C)ccc1COc1ncn(-c2ccc(OC(F)(F)F)cc2)n1. The van der Waals surface area contributed by atoms with E-state index >= 15 is 0 Å². The van der Waals surface area contributed by atoms with Crippen LogP contribution in [0.2, 0.25) is 0 Å². The molecule has 0 unspecified atom stereocenters. The van der Waals surface area contributed by atoms with Crippen molar-refractivity contribution in [1.29, 1.82) is 0 Å². The molecule has 1 aliphatic rings. The molecule has 46 heavy (non-hydrogen) atoms. The van der Waals surface area contributed by atoms with E-state index in [0.717, 1.165) is 28.9 Å². The minimum absolute atomic E-state index is 0.0183. The molecule has 1 N–H and O–H groups in total. The first-order chi connectivity index (χ1) is 21.9. The second-order valence-electron chi connectivity index (χ2n) is 10.4. The fourth-order valence-corrected chi connectivity index (χ4v) is 5.44. The first kappa shape index (κ1) is 32.3. The summed E-state index contributed by atoms with van der Waals surface area (Å²) in [5, 5.41) is 7.21. The molecule has 15 heteroatoms. The predicted octanol–water partition coefficient (Wildman–Crippen LogP) is 6.85. The van der Waals surface area contributed by atoms with E-state index in [1.807, 2.05) is 39.0 Å². The van der Waals surface area contributed by atoms with Crippen molar-refractivity contribution in [1.82, 2.24) is 14.8 Å². The molecule has 0 spiro atoms. The monoisotopic (exact) mass is 654 g/mol. The molecule has 5 rings (SSSR count). The van der Waals surface area contributed by atoms with Crippen LogP contribution in [0.5, 0.6) is 17.5 Å². The summed E-state index contributed by atoms with van der Waals surface area (Å²) in [6.45, 7) is 6.04. The van der Waals surface area contributed by atoms with Gasteiger partial charge in [-0.05, 0) is 66.4 Å². The quantitative estimate of drug-likeness (QED) is 0.208. The van der Waals surface area contributed by atoms with Crippen LogP contribution in [-0.4, -0.2) is 51.1 Å². The number of carbonyl (C=O) groups is 2. The van der Waals surface area contributed by atoms with Crippen LogP contribution < -0.4 is 24.4 Å². The maximum absolute atomic E-state index is 12.9. The van der Waals surface area contributed by atoms with Crippen molar-refractivity contribution in [2.75, 3.05) is 23.1 Å². The topological polar surface area (TPSA) is 120 Å². The average molecular weight is 655 g/mol. The number of alkyl halides is 3. The molecule has 4 aromatic rings. The van der Waals surface area contributed by atoms with Crippen molar-refractivity contribution >= 4 is 40.2 Å². The van der Waals surface area contributed by atoms with E-state index in [0.29, 0.717) is 27.9 Å². The second kappa shape index (κ2) is 13.5. The number of anilines is 2. The van der Waals surface area contributed by atoms with Gasteiger partial charge < -0.3 is 19.5 Å². The second-order valence-corrected chi connectivity index (χ2v) is 11.3. The summed E-state index contributed by atoms with van der Waals surface area (Å²) >= 11 is 1.20. The van der Waals surface area contributed by atoms with Gasteiger partial charge >= 0.3 is 18.4 Å². The third-order valence-electron chi connectivity index (χ3n) is 6.71. The smallest absolute Gasteiger partial charge is 0.496 e. The molecule has 1 aliphatic heterocycles. The zero-order chi connectivity index (χ0) is 33.0. The molecule has 1 fully saturated rings. The van der Waals surface area contributed by atoms with Crippen LogP contribution in [0.4, 0.5) is 29.3 Å². The summed E-state index contributed by atoms with van der Waals surface area (Å²) in [5.74, 6) is 0.245. The number of hydrogen-bond donors (Lipinski definition) is 1. The van der Waals surface area contributed by atoms with Gasteiger partial charge in [-0.2, -0.15) is 9.98 Å². The highest BCUT2D eigenvalue weighted by atomic mass is 32.2. The van der Waals surface area contributed by atoms with Crippen molar-refractivity contribution in [3.63, 3.8) is 0 Å². The number of thioether (sulfide) groups is 1. The first-order valence-electron chi connectivity index (χ1n) is 13.9. The van der Waals surface area contributed by atoms with Crippen LogP contribution in [0.25, 0.3) is 5.69 Å². The zero-order valence-electron chi connectivity index (χ0n) is 25.2. The number of halogens is 3. The summed E-state index contributed by atoms with van der Waals surface area (Å²) in [7, 11) is 1.47. The number of methoxy groups -OCH3 is 1. The minimum Gasteiger partial charge on any atom is -0.496 e. The Balaban J connectivity index is 1.24. The lowest BCUT2D eigenvalue weighted by molar-refractivity contribution is -0.274. The van der Waals surface area contributed by atoms with E-state index in [4.69, 9.17) is 9.47 Å². The number of carbonyl (C=O) groups excluding carboxylic acids is 2. The van der Waals surface area contributed by atoms with Crippen molar-refractivity contribution in [2.45, 2.75) is 39.7 Å². The summed E-state index contributed by atoms with van der Waals surface area (Å²) in [4.78, 5) is 35.6. The molecule has 240 valence electrons. The van der Waals surface area contributed by atoms with Gasteiger partial charge in [0.1, 0.15) is 24.4 Å². The number of benzene rings is 3. The van der Waals surface area contributed by atoms with Crippen LogP contribution in [0.1, 0.15) is 36.5 Å². The lowest BCUT2D eigenvalue weighted by Gasteiger charge is -2.22. The normalized spacial score (nSPS) is 14.2. The number of nitrogens with zero attached hydrogens (tertiary/aromatic N) is 5. The molecule has 1 aromatic heterocycles. The van der Waals surface area contributed by atoms with E-state index in [2.05, 4.69) is 25.1 Å². The molecule has 0 saturated carbocycles. The van der Waals surface area contributed by atoms with Crippen LogP contribution in [-0.2, 0) is 11.4 Å². The third-order valence-corrected chi connectivity index (χ3v) is 7.64. The van der Waals surface area contributed by atoms with Gasteiger partial charge in [-0.3, -0.25) is 9.69 Å². The highest BCUT2D eigenvalue weighted by Gasteiger charge is 2.33. The van der Waals surface area contributed by atoms with Crippen LogP contribution in [0, 0.1) is 6.92 Å². The maximum atomic E-state index is 12.9. The standard InChI is InChI=1S/C31H29F3N6O5S/c1-18(2)24-12-5-19(3)13-25(24)40-27(41)16-46-30(40)37-28(42)36-21-7-6-20(26(14-21)43-4)15-44-29-35-17-39(38-29)22-8-10-23(11-9-22)45-31(32,33)34/h5-14,17-18H,15-16H2,1-4H3,(H,36,42)/b37-30-. The van der Waals surface area contributed by atoms with Crippen molar-refractivity contribution in [3.05, 3.63) is 83.7 Å². The fourth-order valence-electron chi connectivity index (χ4n) is 4.58. The third kappa shape index (κ3) is 7.77. The number of aromatic nitrogens is 3. The molecular formula is C31H29F3N6O5S. The zero-order valence-corrected chi connectivity index (χ0v) is 26.0. The molecule has 3 aromatic carbocycles. The summed E-state index contributed by atoms with van der Waals surface area (Å²) in [6.07, 6.45) is -3.43. The Kier molecular flexibility index (Phi) is 9.51. The van der Waals surface area contributed by atoms with Crippen molar-refractivity contribution in [2.24, 2.45) is 4.99 Å². The van der Waals surface area contributed by atoms with Gasteiger partial charge in [0.2, 0.25) is 5.91 Å². The summed E-state index contributed by atoms with van der Waals surface area (Å²) in [6, 6.07) is 15.3. The predicted molar refractivity (Wildman–Crippen MR) is 167 cm³/mol. The number of aliphatic imine (C=N–C) groups is 1. The number of aryl methyl sites for hydroxylation is 1. The number of rotatable bonds is 9. The van der Waals surface area contributed by atoms with E-state index in [9.17, 15) is 22.8 Å². The molecule has 11 nitrogen and oxygen atoms in total. The maximum Gasteiger partial charge on any atom is 0.573 e. The summed E-state index contributed by atoms with van der Waals surface area (Å²) < 4.78 is 53.6. The Hall–Kier alpha value is -5.05. The first-order valence-corrected chi connectivity index (χ1v) is 14.9. The Bertz CT molecular complexity index is 1780. The Morgan fingerprint density at radius 1 is 1.11 bits per heavy atom. The lowest BCUT2D eigenvalue weighted by Crippen LogP contribution is -2.31. The van der Waals surface area contributed by atoms with Gasteiger partial charge in [-0.15, -0.1) is 18.3 Å². The van der Waals surface area contributed by atoms with Gasteiger partial charge in [0, 0.05) is 17.3 Å². The number of urea groups is 1. The van der Waals surface area contributed by atoms with E-state index in [1.54, 1.807) is 18.2 Å². The molecule has 0 atom stereocenters. The van der Waals surface area contributed by atoms with Gasteiger partial charge in [0.15, 0.2) is 5.17 Å². The number of ether oxygens (including phenoxy) is 3. The van der Waals surface area contributed by atoms with Gasteiger partial charge in [0.25, 0.3) is 0 Å². The Morgan fingerprint density at radius 2 is 1.87 bits per heavy atom. The largest absolute Gasteiger partial charge is 0.573 e. The van der Waals surface area contributed by atoms with Crippen LogP contribution in [0.3, 0.4) is 0 Å². The minimum atomic E-state index is -4.78. The van der Waals surface area contributed by atoms with Gasteiger partial charge in [-0.25, -0.2) is 9.48 Å². The fraction of sp³-hybridized carbons (Fsp3) is 0.258. The molecule has 1 saturated heterocycles. The van der Waals surface area contributed by atoms with Crippen molar-refractivity contribution in [3.8, 4) is 23.2 Å². The molecule has 3 amide bonds. The average Bonchev–Trinajstić information content (AvgIpc) is 3.62. The number of hydrogen-bond acceptors (Lipinski definition) is 8. The van der Waals surface area contributed by atoms with Gasteiger partial charge in [0.05, 0.1) is 24.2 Å². The Labute approximate surface area is 266 Å². The van der Waals surface area contributed by atoms with Crippen LogP contribution >= 0.6 is 11.8 Å². The molecule has 2 heterocycles. The molecule has 0 bridgehead atoms. The Morgan fingerprint density at radius 3 is 2.57 bits per heavy atom. The number of nitrogens with one attached hydrogen (secondary N) is 1. The molecule has 0 radical (unpaired) electrons. The number of amides is 3. The summed E-state index contributed by atoms with van der Waals surface area (Å²) in [5.41, 5.74) is 4.17. The van der Waals surface area contributed by atoms with E-state index < -0.39 is 12.4 Å². The van der Waals surface area contributed by atoms with Gasteiger partial charge in [-0.1, -0.05) is 37.7 Å². The molecular weight excluding hydrogens is 625 g/mol. The van der Waals surface area contributed by atoms with E-state index in [-0.39, 0.29) is 35.9 Å². The van der Waals surface area contributed by atoms with E-state index in [1.165, 1.54) is 46.9 Å². The molecule has 0 aliphatic carbocycles. The highest BCUT2D eigenvalue weighted by Crippen LogP contribution is 2.34. The van der Waals surface area contributed by atoms with Crippen LogP contribution in [0.15, 0.2) is 72.0 Å². The van der Waals surface area contributed by atoms with Crippen molar-refractivity contribution < 1.29 is 37.0 Å².